The van der Waals surface area contributed by atoms with E-state index in [0.717, 1.165) is 60.7 Å². The second-order valence-corrected chi connectivity index (χ2v) is 10.7. The van der Waals surface area contributed by atoms with Crippen molar-refractivity contribution in [3.63, 3.8) is 0 Å². The number of halogens is 1. The number of pyridine rings is 3. The highest BCUT2D eigenvalue weighted by Crippen LogP contribution is 2.61. The van der Waals surface area contributed by atoms with Crippen LogP contribution in [0.1, 0.15) is 41.3 Å². The van der Waals surface area contributed by atoms with Crippen LogP contribution in [0, 0.1) is 30.5 Å². The molecule has 0 spiro atoms. The first-order valence-electron chi connectivity index (χ1n) is 13.3. The minimum atomic E-state index is -0.739. The van der Waals surface area contributed by atoms with Crippen LogP contribution in [0.4, 0.5) is 10.2 Å². The van der Waals surface area contributed by atoms with Crippen molar-refractivity contribution in [2.75, 3.05) is 31.6 Å². The van der Waals surface area contributed by atoms with E-state index in [1.165, 1.54) is 6.07 Å². The van der Waals surface area contributed by atoms with Gasteiger partial charge in [-0.3, -0.25) is 4.79 Å². The molecule has 2 fully saturated rings. The zero-order valence-corrected chi connectivity index (χ0v) is 21.7. The van der Waals surface area contributed by atoms with E-state index in [4.69, 9.17) is 9.72 Å². The summed E-state index contributed by atoms with van der Waals surface area (Å²) in [5.74, 6) is 0.822. The van der Waals surface area contributed by atoms with Crippen molar-refractivity contribution in [3.05, 3.63) is 64.9 Å². The van der Waals surface area contributed by atoms with Gasteiger partial charge >= 0.3 is 5.97 Å². The first-order valence-corrected chi connectivity index (χ1v) is 13.3. The normalized spacial score (nSPS) is 22.2. The monoisotopic (exact) mass is 517 g/mol. The van der Waals surface area contributed by atoms with E-state index in [1.54, 1.807) is 12.3 Å². The number of carboxylic acids is 1. The summed E-state index contributed by atoms with van der Waals surface area (Å²) < 4.78 is 20.4. The summed E-state index contributed by atoms with van der Waals surface area (Å²) >= 11 is 0. The fourth-order valence-corrected chi connectivity index (χ4v) is 6.21. The Bertz CT molecular complexity index is 1370. The Kier molecular flexibility index (Phi) is 6.47. The number of aryl methyl sites for hydroxylation is 1. The van der Waals surface area contributed by atoms with Gasteiger partial charge in [-0.25, -0.2) is 19.3 Å². The van der Waals surface area contributed by atoms with Crippen LogP contribution in [0.5, 0.6) is 5.88 Å². The Morgan fingerprint density at radius 3 is 2.76 bits per heavy atom. The standard InChI is InChI=1S/C29H32FN5O3/c1-16-19(3-6-25(33-16)35-9-7-17(8-10-35)13-31-2)23-5-4-22(30)24(34-23)15-38-26-12-18-11-20-27(21(18)14-32-26)28(20)29(36)37/h3-6,12,14,17,20,27-28,31H,7-11,13,15H2,1-2H3,(H,36,37)/t20-,27-,28+/m1/s1. The van der Waals surface area contributed by atoms with E-state index in [-0.39, 0.29) is 30.1 Å². The summed E-state index contributed by atoms with van der Waals surface area (Å²) in [5, 5.41) is 12.6. The predicted molar refractivity (Wildman–Crippen MR) is 141 cm³/mol. The smallest absolute Gasteiger partial charge is 0.307 e. The number of hydrogen-bond donors (Lipinski definition) is 2. The summed E-state index contributed by atoms with van der Waals surface area (Å²) in [6.07, 6.45) is 4.72. The number of anilines is 1. The Morgan fingerprint density at radius 2 is 2.03 bits per heavy atom. The fourth-order valence-electron chi connectivity index (χ4n) is 6.21. The van der Waals surface area contributed by atoms with Gasteiger partial charge in [-0.1, -0.05) is 0 Å². The Balaban J connectivity index is 1.13. The number of aromatic nitrogens is 3. The van der Waals surface area contributed by atoms with Crippen molar-refractivity contribution in [1.82, 2.24) is 20.3 Å². The van der Waals surface area contributed by atoms with Crippen LogP contribution < -0.4 is 15.0 Å². The maximum atomic E-state index is 14.6. The number of fused-ring (bicyclic) bond motifs is 3. The SMILES string of the molecule is CNCC1CCN(c2ccc(-c3ccc(F)c(COc4cc5c(cn4)[C@H]4[C@@H](C5)[C@@H]4C(=O)O)n3)c(C)n2)CC1. The maximum absolute atomic E-state index is 14.6. The van der Waals surface area contributed by atoms with Crippen LogP contribution in [0.2, 0.25) is 0 Å². The van der Waals surface area contributed by atoms with Crippen LogP contribution >= 0.6 is 0 Å². The van der Waals surface area contributed by atoms with Gasteiger partial charge < -0.3 is 20.1 Å². The summed E-state index contributed by atoms with van der Waals surface area (Å²) in [7, 11) is 2.00. The highest BCUT2D eigenvalue weighted by atomic mass is 19.1. The largest absolute Gasteiger partial charge is 0.481 e. The molecular formula is C29H32FN5O3. The topological polar surface area (TPSA) is 100 Å². The lowest BCUT2D eigenvalue weighted by Crippen LogP contribution is -2.37. The van der Waals surface area contributed by atoms with Gasteiger partial charge in [-0.05, 0) is 87.0 Å². The molecule has 1 aliphatic heterocycles. The van der Waals surface area contributed by atoms with Gasteiger partial charge in [-0.2, -0.15) is 0 Å². The van der Waals surface area contributed by atoms with Gasteiger partial charge in [-0.15, -0.1) is 0 Å². The van der Waals surface area contributed by atoms with Crippen molar-refractivity contribution >= 4 is 11.8 Å². The molecule has 8 nitrogen and oxygen atoms in total. The molecule has 3 aliphatic rings. The first kappa shape index (κ1) is 24.7. The lowest BCUT2D eigenvalue weighted by atomic mass is 9.97. The molecule has 1 saturated heterocycles. The molecule has 2 N–H and O–H groups in total. The number of rotatable bonds is 8. The molecular weight excluding hydrogens is 485 g/mol. The van der Waals surface area contributed by atoms with E-state index >= 15 is 0 Å². The van der Waals surface area contributed by atoms with Gasteiger partial charge in [0.05, 0.1) is 11.6 Å². The molecule has 2 aliphatic carbocycles. The lowest BCUT2D eigenvalue weighted by Gasteiger charge is -2.33. The highest BCUT2D eigenvalue weighted by molar-refractivity contribution is 5.77. The van der Waals surface area contributed by atoms with Gasteiger partial charge in [0.2, 0.25) is 5.88 Å². The third-order valence-electron chi connectivity index (χ3n) is 8.32. The predicted octanol–water partition coefficient (Wildman–Crippen LogP) is 3.97. The molecule has 1 saturated carbocycles. The van der Waals surface area contributed by atoms with Gasteiger partial charge in [0.25, 0.3) is 0 Å². The molecule has 0 unspecified atom stereocenters. The molecule has 3 aromatic heterocycles. The van der Waals surface area contributed by atoms with Crippen LogP contribution in [0.25, 0.3) is 11.3 Å². The number of carboxylic acid groups (broad SMARTS) is 1. The number of piperidine rings is 1. The first-order chi connectivity index (χ1) is 18.4. The molecule has 3 atom stereocenters. The number of nitrogens with zero attached hydrogens (tertiary/aromatic N) is 4. The second kappa shape index (κ2) is 9.94. The molecule has 38 heavy (non-hydrogen) atoms. The van der Waals surface area contributed by atoms with Crippen LogP contribution in [-0.4, -0.2) is 52.7 Å². The molecule has 6 rings (SSSR count). The van der Waals surface area contributed by atoms with Crippen molar-refractivity contribution < 1.29 is 19.0 Å². The molecule has 4 heterocycles. The average molecular weight is 518 g/mol. The summed E-state index contributed by atoms with van der Waals surface area (Å²) in [6.45, 7) is 4.95. The molecule has 9 heteroatoms. The van der Waals surface area contributed by atoms with Crippen molar-refractivity contribution in [2.24, 2.45) is 17.8 Å². The third kappa shape index (κ3) is 4.60. The van der Waals surface area contributed by atoms with Crippen molar-refractivity contribution in [3.8, 4) is 17.1 Å². The van der Waals surface area contributed by atoms with E-state index in [2.05, 4.69) is 20.2 Å². The minimum absolute atomic E-state index is 0.0534. The Hall–Kier alpha value is -3.59. The molecule has 0 bridgehead atoms. The molecule has 0 amide bonds. The van der Waals surface area contributed by atoms with Crippen LogP contribution in [-0.2, 0) is 17.8 Å². The van der Waals surface area contributed by atoms with E-state index in [9.17, 15) is 14.3 Å². The quantitative estimate of drug-likeness (QED) is 0.463. The minimum Gasteiger partial charge on any atom is -0.481 e. The van der Waals surface area contributed by atoms with E-state index in [1.807, 2.05) is 32.2 Å². The summed E-state index contributed by atoms with van der Waals surface area (Å²) in [6, 6.07) is 8.97. The van der Waals surface area contributed by atoms with Gasteiger partial charge in [0.1, 0.15) is 23.9 Å². The van der Waals surface area contributed by atoms with Crippen LogP contribution in [0.3, 0.4) is 0 Å². The molecule has 0 aromatic carbocycles. The highest BCUT2D eigenvalue weighted by Gasteiger charge is 2.59. The van der Waals surface area contributed by atoms with Crippen molar-refractivity contribution in [1.29, 1.82) is 0 Å². The fraction of sp³-hybridized carbons (Fsp3) is 0.448. The number of carbonyl (C=O) groups is 1. The summed E-state index contributed by atoms with van der Waals surface area (Å²) in [5.41, 5.74) is 4.63. The summed E-state index contributed by atoms with van der Waals surface area (Å²) in [4.78, 5) is 27.4. The Morgan fingerprint density at radius 1 is 1.21 bits per heavy atom. The maximum Gasteiger partial charge on any atom is 0.307 e. The average Bonchev–Trinajstić information content (AvgIpc) is 3.51. The second-order valence-electron chi connectivity index (χ2n) is 10.7. The molecule has 3 aromatic rings. The molecule has 198 valence electrons. The number of hydrogen-bond acceptors (Lipinski definition) is 7. The van der Waals surface area contributed by atoms with Crippen molar-refractivity contribution in [2.45, 2.75) is 38.7 Å². The number of ether oxygens (including phenoxy) is 1. The molecule has 0 radical (unpaired) electrons. The zero-order valence-electron chi connectivity index (χ0n) is 21.7. The zero-order chi connectivity index (χ0) is 26.4. The lowest BCUT2D eigenvalue weighted by molar-refractivity contribution is -0.139. The number of nitrogens with one attached hydrogen (secondary N) is 1. The van der Waals surface area contributed by atoms with Gasteiger partial charge in [0.15, 0.2) is 0 Å². The Labute approximate surface area is 221 Å². The van der Waals surface area contributed by atoms with Gasteiger partial charge in [0, 0.05) is 42.5 Å². The van der Waals surface area contributed by atoms with E-state index in [0.29, 0.717) is 23.9 Å². The van der Waals surface area contributed by atoms with E-state index < -0.39 is 11.8 Å². The van der Waals surface area contributed by atoms with Crippen LogP contribution in [0.15, 0.2) is 36.5 Å². The number of aliphatic carboxylic acids is 1. The third-order valence-corrected chi connectivity index (χ3v) is 8.32.